The largest absolute Gasteiger partial charge is 0.392 e. The Hall–Kier alpha value is -4.51. The molecule has 9 nitrogen and oxygen atoms in total. The van der Waals surface area contributed by atoms with Crippen LogP contribution in [0.4, 0.5) is 0 Å². The molecule has 4 aromatic carbocycles. The Labute approximate surface area is 280 Å². The van der Waals surface area contributed by atoms with Crippen LogP contribution >= 0.6 is 0 Å². The Morgan fingerprint density at radius 2 is 1.67 bits per heavy atom. The highest BCUT2D eigenvalue weighted by atomic mass is 16.7. The molecule has 1 amide bonds. The van der Waals surface area contributed by atoms with Crippen LogP contribution in [0.15, 0.2) is 103 Å². The van der Waals surface area contributed by atoms with Gasteiger partial charge in [0.15, 0.2) is 6.29 Å². The molecule has 9 heteroatoms. The number of aliphatic hydroxyl groups excluding tert-OH is 2. The number of β-amino-alcohol motifs (C(OH)–C–C–N with tert-alkyl or cyclic N) is 1. The first kappa shape index (κ1) is 32.1. The molecule has 0 radical (unpaired) electrons. The van der Waals surface area contributed by atoms with E-state index in [1.807, 2.05) is 72.8 Å². The summed E-state index contributed by atoms with van der Waals surface area (Å²) < 4.78 is 13.3. The van der Waals surface area contributed by atoms with Crippen LogP contribution in [0.5, 0.6) is 0 Å². The van der Waals surface area contributed by atoms with Crippen molar-refractivity contribution in [2.45, 2.75) is 51.1 Å². The number of ether oxygens (including phenoxy) is 2. The monoisotopic (exact) mass is 644 g/mol. The van der Waals surface area contributed by atoms with Crippen LogP contribution in [0, 0.1) is 5.92 Å². The van der Waals surface area contributed by atoms with Gasteiger partial charge in [0.25, 0.3) is 5.91 Å². The van der Waals surface area contributed by atoms with Crippen molar-refractivity contribution >= 4 is 16.9 Å². The molecular formula is C39H40N4O5. The number of likely N-dealkylation sites (tertiary alicyclic amines) is 1. The molecule has 7 rings (SSSR count). The first-order valence-corrected chi connectivity index (χ1v) is 16.5. The third-order valence-electron chi connectivity index (χ3n) is 9.39. The van der Waals surface area contributed by atoms with Gasteiger partial charge in [0, 0.05) is 37.7 Å². The fourth-order valence-electron chi connectivity index (χ4n) is 6.59. The maximum absolute atomic E-state index is 12.8. The van der Waals surface area contributed by atoms with Crippen molar-refractivity contribution in [2.75, 3.05) is 19.6 Å². The third kappa shape index (κ3) is 7.16. The van der Waals surface area contributed by atoms with Crippen LogP contribution in [0.25, 0.3) is 22.2 Å². The van der Waals surface area contributed by atoms with Crippen LogP contribution in [0.2, 0.25) is 0 Å². The van der Waals surface area contributed by atoms with Gasteiger partial charge in [0.05, 0.1) is 42.1 Å². The van der Waals surface area contributed by atoms with Crippen LogP contribution in [0.1, 0.15) is 58.5 Å². The second kappa shape index (κ2) is 14.3. The van der Waals surface area contributed by atoms with E-state index in [0.29, 0.717) is 18.6 Å². The van der Waals surface area contributed by atoms with Crippen LogP contribution < -0.4 is 5.32 Å². The summed E-state index contributed by atoms with van der Waals surface area (Å²) in [5, 5.41) is 22.6. The van der Waals surface area contributed by atoms with Gasteiger partial charge >= 0.3 is 0 Å². The number of fused-ring (bicyclic) bond motifs is 1. The summed E-state index contributed by atoms with van der Waals surface area (Å²) >= 11 is 0. The summed E-state index contributed by atoms with van der Waals surface area (Å²) in [6.45, 7) is 4.74. The quantitative estimate of drug-likeness (QED) is 0.191. The smallest absolute Gasteiger partial charge is 0.271 e. The highest BCUT2D eigenvalue weighted by molar-refractivity contribution is 5.93. The molecule has 48 heavy (non-hydrogen) atoms. The van der Waals surface area contributed by atoms with E-state index < -0.39 is 6.29 Å². The molecule has 0 aliphatic carbocycles. The number of amides is 1. The zero-order valence-electron chi connectivity index (χ0n) is 26.9. The maximum Gasteiger partial charge on any atom is 0.271 e. The number of hydrogen-bond acceptors (Lipinski definition) is 8. The number of nitrogens with zero attached hydrogens (tertiary/aromatic N) is 3. The van der Waals surface area contributed by atoms with E-state index in [-0.39, 0.29) is 42.4 Å². The average Bonchev–Trinajstić information content (AvgIpc) is 3.55. The number of carbonyl (C=O) groups is 1. The summed E-state index contributed by atoms with van der Waals surface area (Å²) in [7, 11) is 0. The van der Waals surface area contributed by atoms with E-state index in [0.717, 1.165) is 58.4 Å². The van der Waals surface area contributed by atoms with Crippen molar-refractivity contribution in [2.24, 2.45) is 5.92 Å². The molecule has 2 aliphatic rings. The molecule has 0 unspecified atom stereocenters. The van der Waals surface area contributed by atoms with Crippen molar-refractivity contribution in [3.05, 3.63) is 131 Å². The number of hydrogen-bond donors (Lipinski definition) is 3. The molecule has 0 bridgehead atoms. The molecule has 0 saturated carbocycles. The maximum atomic E-state index is 12.8. The van der Waals surface area contributed by atoms with Gasteiger partial charge in [0.2, 0.25) is 0 Å². The number of nitrogens with one attached hydrogen (secondary N) is 1. The molecule has 3 N–H and O–H groups in total. The lowest BCUT2D eigenvalue weighted by molar-refractivity contribution is -0.276. The third-order valence-corrected chi connectivity index (χ3v) is 9.39. The SMILES string of the molecule is C[C@@H]1[C@H](CN2CC[C@H](O)C2)O[C@H](c2ccc(-c3cccc(CNC(=O)c4cnc5ccccc5n4)c3)cc2)O[C@@H]1c1ccc(CO)cc1. The van der Waals surface area contributed by atoms with Crippen molar-refractivity contribution in [3.8, 4) is 11.1 Å². The molecule has 1 aromatic heterocycles. The Morgan fingerprint density at radius 1 is 0.896 bits per heavy atom. The minimum atomic E-state index is -0.560. The lowest BCUT2D eigenvalue weighted by atomic mass is 9.90. The number of rotatable bonds is 9. The van der Waals surface area contributed by atoms with Crippen LogP contribution in [0.3, 0.4) is 0 Å². The normalized spacial score (nSPS) is 22.9. The number of carbonyl (C=O) groups excluding carboxylic acids is 1. The van der Waals surface area contributed by atoms with E-state index in [1.54, 1.807) is 0 Å². The van der Waals surface area contributed by atoms with E-state index in [4.69, 9.17) is 9.47 Å². The van der Waals surface area contributed by atoms with Crippen molar-refractivity contribution in [1.29, 1.82) is 0 Å². The fraction of sp³-hybridized carbons (Fsp3) is 0.308. The molecule has 2 aliphatic heterocycles. The Morgan fingerprint density at radius 3 is 2.42 bits per heavy atom. The van der Waals surface area contributed by atoms with Gasteiger partial charge in [0.1, 0.15) is 5.69 Å². The van der Waals surface area contributed by atoms with Crippen LogP contribution in [-0.2, 0) is 22.6 Å². The number of benzene rings is 4. The molecule has 3 heterocycles. The second-order valence-electron chi connectivity index (χ2n) is 12.8. The standard InChI is InChI=1S/C39H40N4O5/c1-25-36(23-43-18-17-32(45)22-43)47-39(48-37(25)29-11-9-26(24-44)10-12-29)30-15-13-28(14-16-30)31-6-4-5-27(19-31)20-41-38(46)35-21-40-33-7-2-3-8-34(33)42-35/h2-16,19,21,25,32,36-37,39,44-45H,17-18,20,22-24H2,1H3,(H,41,46)/t25-,32+,36+,37+,39+/m1/s1. The lowest BCUT2D eigenvalue weighted by Crippen LogP contribution is -2.44. The molecule has 5 atom stereocenters. The van der Waals surface area contributed by atoms with Gasteiger partial charge in [-0.25, -0.2) is 4.98 Å². The second-order valence-corrected chi connectivity index (χ2v) is 12.8. The summed E-state index contributed by atoms with van der Waals surface area (Å²) in [6.07, 6.45) is 1.14. The molecular weight excluding hydrogens is 604 g/mol. The van der Waals surface area contributed by atoms with Gasteiger partial charge in [-0.05, 0) is 52.4 Å². The molecule has 2 saturated heterocycles. The Bertz CT molecular complexity index is 1870. The van der Waals surface area contributed by atoms with E-state index in [9.17, 15) is 15.0 Å². The summed E-state index contributed by atoms with van der Waals surface area (Å²) in [6, 6.07) is 31.7. The summed E-state index contributed by atoms with van der Waals surface area (Å²) in [5.41, 5.74) is 7.59. The molecule has 5 aromatic rings. The molecule has 2 fully saturated rings. The summed E-state index contributed by atoms with van der Waals surface area (Å²) in [5.74, 6) is -0.193. The van der Waals surface area contributed by atoms with Gasteiger partial charge in [-0.15, -0.1) is 0 Å². The highest BCUT2D eigenvalue weighted by Crippen LogP contribution is 2.42. The summed E-state index contributed by atoms with van der Waals surface area (Å²) in [4.78, 5) is 23.9. The minimum Gasteiger partial charge on any atom is -0.392 e. The zero-order chi connectivity index (χ0) is 33.0. The fourth-order valence-corrected chi connectivity index (χ4v) is 6.59. The van der Waals surface area contributed by atoms with E-state index in [2.05, 4.69) is 51.4 Å². The predicted molar refractivity (Wildman–Crippen MR) is 183 cm³/mol. The van der Waals surface area contributed by atoms with Crippen molar-refractivity contribution < 1.29 is 24.5 Å². The Balaban J connectivity index is 1.05. The van der Waals surface area contributed by atoms with Gasteiger partial charge in [-0.1, -0.05) is 85.8 Å². The average molecular weight is 645 g/mol. The lowest BCUT2D eigenvalue weighted by Gasteiger charge is -2.42. The highest BCUT2D eigenvalue weighted by Gasteiger charge is 2.39. The predicted octanol–water partition coefficient (Wildman–Crippen LogP) is 5.58. The number of aromatic nitrogens is 2. The van der Waals surface area contributed by atoms with Crippen LogP contribution in [-0.4, -0.2) is 62.8 Å². The van der Waals surface area contributed by atoms with Gasteiger partial charge in [-0.3, -0.25) is 14.7 Å². The molecule has 246 valence electrons. The molecule has 0 spiro atoms. The first-order chi connectivity index (χ1) is 23.4. The Kier molecular flexibility index (Phi) is 9.56. The topological polar surface area (TPSA) is 117 Å². The van der Waals surface area contributed by atoms with E-state index >= 15 is 0 Å². The van der Waals surface area contributed by atoms with Crippen molar-refractivity contribution in [1.82, 2.24) is 20.2 Å². The first-order valence-electron chi connectivity index (χ1n) is 16.5. The van der Waals surface area contributed by atoms with Gasteiger partial charge in [-0.2, -0.15) is 0 Å². The van der Waals surface area contributed by atoms with Gasteiger partial charge < -0.3 is 25.0 Å². The van der Waals surface area contributed by atoms with E-state index in [1.165, 1.54) is 6.20 Å². The number of para-hydroxylation sites is 2. The van der Waals surface area contributed by atoms with Crippen molar-refractivity contribution in [3.63, 3.8) is 0 Å². The zero-order valence-corrected chi connectivity index (χ0v) is 26.9. The number of aliphatic hydroxyl groups is 2. The minimum absolute atomic E-state index is 0.00257.